The second-order valence-electron chi connectivity index (χ2n) is 9.97. The van der Waals surface area contributed by atoms with Crippen molar-refractivity contribution in [2.45, 2.75) is 46.2 Å². The third-order valence-electron chi connectivity index (χ3n) is 5.77. The SMILES string of the molecule is COc1ccc([C@H](C(=O)NC(C)(C)C)N(C(=O)CNC(=O)c2cccs2)c2cc(C)ccc2C)cc1OC. The minimum Gasteiger partial charge on any atom is -0.493 e. The quantitative estimate of drug-likeness (QED) is 0.409. The summed E-state index contributed by atoms with van der Waals surface area (Å²) in [6.07, 6.45) is 0. The van der Waals surface area contributed by atoms with Gasteiger partial charge in [0, 0.05) is 11.2 Å². The van der Waals surface area contributed by atoms with Crippen molar-refractivity contribution in [2.24, 2.45) is 0 Å². The summed E-state index contributed by atoms with van der Waals surface area (Å²) in [4.78, 5) is 42.4. The Morgan fingerprint density at radius 1 is 0.974 bits per heavy atom. The third-order valence-corrected chi connectivity index (χ3v) is 6.63. The lowest BCUT2D eigenvalue weighted by Crippen LogP contribution is -2.51. The maximum atomic E-state index is 13.9. The predicted octanol–water partition coefficient (Wildman–Crippen LogP) is 4.80. The van der Waals surface area contributed by atoms with Gasteiger partial charge in [0.25, 0.3) is 5.91 Å². The van der Waals surface area contributed by atoms with Crippen molar-refractivity contribution < 1.29 is 23.9 Å². The van der Waals surface area contributed by atoms with Crippen LogP contribution in [-0.4, -0.2) is 44.0 Å². The van der Waals surface area contributed by atoms with Crippen molar-refractivity contribution in [1.29, 1.82) is 0 Å². The molecule has 1 heterocycles. The van der Waals surface area contributed by atoms with Crippen LogP contribution < -0.4 is 25.0 Å². The van der Waals surface area contributed by atoms with Gasteiger partial charge in [0.1, 0.15) is 6.04 Å². The predicted molar refractivity (Wildman–Crippen MR) is 150 cm³/mol. The molecule has 3 aromatic rings. The summed E-state index contributed by atoms with van der Waals surface area (Å²) in [6.45, 7) is 9.14. The number of methoxy groups -OCH3 is 2. The van der Waals surface area contributed by atoms with Gasteiger partial charge in [0.15, 0.2) is 11.5 Å². The van der Waals surface area contributed by atoms with Crippen LogP contribution in [-0.2, 0) is 9.59 Å². The molecule has 9 heteroatoms. The lowest BCUT2D eigenvalue weighted by Gasteiger charge is -2.35. The number of benzene rings is 2. The Morgan fingerprint density at radius 2 is 1.68 bits per heavy atom. The van der Waals surface area contributed by atoms with Crippen LogP contribution in [0, 0.1) is 13.8 Å². The zero-order valence-electron chi connectivity index (χ0n) is 22.9. The van der Waals surface area contributed by atoms with Gasteiger partial charge < -0.3 is 20.1 Å². The molecule has 3 rings (SSSR count). The highest BCUT2D eigenvalue weighted by Crippen LogP contribution is 2.36. The fourth-order valence-electron chi connectivity index (χ4n) is 4.01. The second-order valence-corrected chi connectivity index (χ2v) is 10.9. The third kappa shape index (κ3) is 6.92. The van der Waals surface area contributed by atoms with E-state index in [1.807, 2.05) is 52.8 Å². The van der Waals surface area contributed by atoms with Crippen LogP contribution in [0.2, 0.25) is 0 Å². The Morgan fingerprint density at radius 3 is 2.29 bits per heavy atom. The molecule has 2 aromatic carbocycles. The van der Waals surface area contributed by atoms with Crippen LogP contribution in [0.4, 0.5) is 5.69 Å². The molecule has 2 N–H and O–H groups in total. The van der Waals surface area contributed by atoms with E-state index in [0.29, 0.717) is 27.6 Å². The number of carbonyl (C=O) groups is 3. The molecule has 1 aromatic heterocycles. The van der Waals surface area contributed by atoms with Crippen LogP contribution in [0.25, 0.3) is 0 Å². The molecule has 0 radical (unpaired) electrons. The lowest BCUT2D eigenvalue weighted by molar-refractivity contribution is -0.127. The van der Waals surface area contributed by atoms with E-state index < -0.39 is 17.5 Å². The van der Waals surface area contributed by atoms with E-state index in [1.54, 1.807) is 35.7 Å². The Balaban J connectivity index is 2.14. The number of anilines is 1. The smallest absolute Gasteiger partial charge is 0.261 e. The summed E-state index contributed by atoms with van der Waals surface area (Å²) in [5.41, 5.74) is 2.28. The van der Waals surface area contributed by atoms with Crippen molar-refractivity contribution in [3.05, 3.63) is 75.5 Å². The zero-order chi connectivity index (χ0) is 28.0. The van der Waals surface area contributed by atoms with Gasteiger partial charge in [-0.25, -0.2) is 0 Å². The topological polar surface area (TPSA) is 97.0 Å². The summed E-state index contributed by atoms with van der Waals surface area (Å²) in [7, 11) is 3.04. The maximum Gasteiger partial charge on any atom is 0.261 e. The number of aryl methyl sites for hydroxylation is 2. The van der Waals surface area contributed by atoms with Crippen molar-refractivity contribution in [3.63, 3.8) is 0 Å². The molecule has 0 aliphatic heterocycles. The van der Waals surface area contributed by atoms with Crippen molar-refractivity contribution in [3.8, 4) is 11.5 Å². The maximum absolute atomic E-state index is 13.9. The molecule has 0 aliphatic carbocycles. The van der Waals surface area contributed by atoms with E-state index in [1.165, 1.54) is 30.5 Å². The first-order valence-corrected chi connectivity index (χ1v) is 13.1. The van der Waals surface area contributed by atoms with Crippen molar-refractivity contribution in [2.75, 3.05) is 25.7 Å². The number of carbonyl (C=O) groups excluding carboxylic acids is 3. The molecule has 0 saturated carbocycles. The van der Waals surface area contributed by atoms with Gasteiger partial charge in [-0.2, -0.15) is 0 Å². The van der Waals surface area contributed by atoms with E-state index in [9.17, 15) is 14.4 Å². The molecule has 0 bridgehead atoms. The van der Waals surface area contributed by atoms with Gasteiger partial charge in [-0.1, -0.05) is 24.3 Å². The molecule has 0 unspecified atom stereocenters. The van der Waals surface area contributed by atoms with Gasteiger partial charge in [0.05, 0.1) is 25.6 Å². The molecule has 3 amide bonds. The summed E-state index contributed by atoms with van der Waals surface area (Å²) >= 11 is 1.29. The van der Waals surface area contributed by atoms with Crippen LogP contribution in [0.5, 0.6) is 11.5 Å². The van der Waals surface area contributed by atoms with E-state index in [4.69, 9.17) is 9.47 Å². The van der Waals surface area contributed by atoms with E-state index in [-0.39, 0.29) is 18.4 Å². The number of nitrogens with zero attached hydrogens (tertiary/aromatic N) is 1. The molecule has 1 atom stereocenters. The number of thiophene rings is 1. The average molecular weight is 538 g/mol. The van der Waals surface area contributed by atoms with Gasteiger partial charge in [-0.15, -0.1) is 11.3 Å². The molecule has 0 aliphatic rings. The van der Waals surface area contributed by atoms with E-state index in [2.05, 4.69) is 10.6 Å². The first-order chi connectivity index (χ1) is 17.9. The van der Waals surface area contributed by atoms with Crippen LogP contribution in [0.3, 0.4) is 0 Å². The Labute approximate surface area is 228 Å². The highest BCUT2D eigenvalue weighted by molar-refractivity contribution is 7.12. The molecule has 202 valence electrons. The number of amides is 3. The number of hydrogen-bond donors (Lipinski definition) is 2. The number of nitrogens with one attached hydrogen (secondary N) is 2. The summed E-state index contributed by atoms with van der Waals surface area (Å²) in [5.74, 6) is -0.232. The molecule has 0 fully saturated rings. The van der Waals surface area contributed by atoms with E-state index in [0.717, 1.165) is 11.1 Å². The van der Waals surface area contributed by atoms with E-state index >= 15 is 0 Å². The summed E-state index contributed by atoms with van der Waals surface area (Å²) < 4.78 is 10.9. The normalized spacial score (nSPS) is 11.9. The first-order valence-electron chi connectivity index (χ1n) is 12.2. The van der Waals surface area contributed by atoms with Crippen LogP contribution >= 0.6 is 11.3 Å². The second kappa shape index (κ2) is 12.1. The molecule has 0 spiro atoms. The number of ether oxygens (including phenoxy) is 2. The minimum atomic E-state index is -1.05. The van der Waals surface area contributed by atoms with Crippen LogP contribution in [0.15, 0.2) is 53.9 Å². The van der Waals surface area contributed by atoms with Crippen LogP contribution in [0.1, 0.15) is 53.2 Å². The van der Waals surface area contributed by atoms with Crippen molar-refractivity contribution in [1.82, 2.24) is 10.6 Å². The highest BCUT2D eigenvalue weighted by Gasteiger charge is 2.36. The summed E-state index contributed by atoms with van der Waals surface area (Å²) in [6, 6.07) is 13.3. The van der Waals surface area contributed by atoms with Crippen molar-refractivity contribution >= 4 is 34.7 Å². The molecule has 8 nitrogen and oxygen atoms in total. The fourth-order valence-corrected chi connectivity index (χ4v) is 4.65. The first kappa shape index (κ1) is 28.7. The van der Waals surface area contributed by atoms with Gasteiger partial charge in [0.2, 0.25) is 11.8 Å². The Kier molecular flexibility index (Phi) is 9.17. The number of rotatable bonds is 9. The van der Waals surface area contributed by atoms with Gasteiger partial charge in [-0.3, -0.25) is 19.3 Å². The monoisotopic (exact) mass is 537 g/mol. The Hall–Kier alpha value is -3.85. The molecular formula is C29H35N3O5S. The largest absolute Gasteiger partial charge is 0.493 e. The molecular weight excluding hydrogens is 502 g/mol. The molecule has 0 saturated heterocycles. The minimum absolute atomic E-state index is 0.295. The highest BCUT2D eigenvalue weighted by atomic mass is 32.1. The fraction of sp³-hybridized carbons (Fsp3) is 0.345. The summed E-state index contributed by atoms with van der Waals surface area (Å²) in [5, 5.41) is 7.52. The zero-order valence-corrected chi connectivity index (χ0v) is 23.7. The molecule has 38 heavy (non-hydrogen) atoms. The lowest BCUT2D eigenvalue weighted by atomic mass is 9.98. The average Bonchev–Trinajstić information content (AvgIpc) is 3.41. The Bertz CT molecular complexity index is 1300. The van der Waals surface area contributed by atoms with Gasteiger partial charge >= 0.3 is 0 Å². The van der Waals surface area contributed by atoms with Gasteiger partial charge in [-0.05, 0) is 81.0 Å². The standard InChI is InChI=1S/C29H35N3O5S/c1-18-10-11-19(2)21(15-18)32(25(33)17-30-27(34)24-9-8-14-38-24)26(28(35)31-29(3,4)5)20-12-13-22(36-6)23(16-20)37-7/h8-16,26H,17H2,1-7H3,(H,30,34)(H,31,35)/t26-/m1/s1. The number of hydrogen-bond acceptors (Lipinski definition) is 6.